The van der Waals surface area contributed by atoms with E-state index in [1.54, 1.807) is 10.9 Å². The number of hydrogen-bond acceptors (Lipinski definition) is 3. The van der Waals surface area contributed by atoms with Gasteiger partial charge >= 0.3 is 5.97 Å². The number of nitrogens with zero attached hydrogens (tertiary/aromatic N) is 2. The highest BCUT2D eigenvalue weighted by Gasteiger charge is 2.22. The predicted octanol–water partition coefficient (Wildman–Crippen LogP) is 1.25. The van der Waals surface area contributed by atoms with E-state index in [1.165, 1.54) is 0 Å². The molecule has 0 aliphatic heterocycles. The Balaban J connectivity index is 2.83. The van der Waals surface area contributed by atoms with E-state index in [2.05, 4.69) is 10.4 Å². The third kappa shape index (κ3) is 2.71. The fourth-order valence-corrected chi connectivity index (χ4v) is 1.42. The van der Waals surface area contributed by atoms with Crippen LogP contribution in [0.1, 0.15) is 19.5 Å². The van der Waals surface area contributed by atoms with Crippen LogP contribution in [-0.2, 0) is 11.8 Å². The Labute approximate surface area is 89.1 Å². The molecule has 84 valence electrons. The van der Waals surface area contributed by atoms with Crippen LogP contribution in [0, 0.1) is 12.8 Å². The molecule has 0 aliphatic carbocycles. The average Bonchev–Trinajstić information content (AvgIpc) is 2.39. The summed E-state index contributed by atoms with van der Waals surface area (Å²) in [5.41, 5.74) is 1.59. The fraction of sp³-hybridized carbons (Fsp3) is 0.600. The summed E-state index contributed by atoms with van der Waals surface area (Å²) in [4.78, 5) is 11.0. The number of rotatable bonds is 4. The monoisotopic (exact) mass is 211 g/mol. The smallest absolute Gasteiger partial charge is 0.326 e. The zero-order valence-corrected chi connectivity index (χ0v) is 9.48. The number of aromatic nitrogens is 2. The molecule has 1 heterocycles. The van der Waals surface area contributed by atoms with Gasteiger partial charge in [0, 0.05) is 13.2 Å². The molecule has 1 rings (SSSR count). The molecule has 0 amide bonds. The topological polar surface area (TPSA) is 67.2 Å². The van der Waals surface area contributed by atoms with E-state index in [1.807, 2.05) is 27.8 Å². The van der Waals surface area contributed by atoms with Gasteiger partial charge in [-0.15, -0.1) is 0 Å². The highest BCUT2D eigenvalue weighted by molar-refractivity contribution is 5.77. The first-order valence-electron chi connectivity index (χ1n) is 4.91. The van der Waals surface area contributed by atoms with Crippen molar-refractivity contribution in [3.05, 3.63) is 11.9 Å². The van der Waals surface area contributed by atoms with Crippen LogP contribution in [0.5, 0.6) is 0 Å². The Morgan fingerprint density at radius 2 is 2.20 bits per heavy atom. The minimum atomic E-state index is -0.840. The van der Waals surface area contributed by atoms with E-state index in [9.17, 15) is 4.79 Å². The fourth-order valence-electron chi connectivity index (χ4n) is 1.42. The van der Waals surface area contributed by atoms with Gasteiger partial charge in [-0.2, -0.15) is 5.10 Å². The summed E-state index contributed by atoms with van der Waals surface area (Å²) in [6.45, 7) is 5.59. The van der Waals surface area contributed by atoms with Gasteiger partial charge < -0.3 is 10.4 Å². The first-order valence-corrected chi connectivity index (χ1v) is 4.91. The maximum Gasteiger partial charge on any atom is 0.326 e. The lowest BCUT2D eigenvalue weighted by atomic mass is 10.0. The summed E-state index contributed by atoms with van der Waals surface area (Å²) in [7, 11) is 1.81. The first-order chi connectivity index (χ1) is 6.91. The molecule has 5 heteroatoms. The Kier molecular flexibility index (Phi) is 3.34. The molecule has 0 bridgehead atoms. The van der Waals surface area contributed by atoms with E-state index < -0.39 is 12.0 Å². The molecule has 0 aliphatic rings. The SMILES string of the molecule is Cc1nn(C)cc1NC(C(=O)O)C(C)C. The zero-order valence-electron chi connectivity index (χ0n) is 9.48. The van der Waals surface area contributed by atoms with Crippen molar-refractivity contribution >= 4 is 11.7 Å². The molecule has 0 saturated carbocycles. The highest BCUT2D eigenvalue weighted by Crippen LogP contribution is 2.16. The van der Waals surface area contributed by atoms with Crippen molar-refractivity contribution < 1.29 is 9.90 Å². The third-order valence-corrected chi connectivity index (χ3v) is 2.26. The van der Waals surface area contributed by atoms with Crippen LogP contribution in [0.15, 0.2) is 6.20 Å². The molecular formula is C10H17N3O2. The Bertz CT molecular complexity index is 358. The van der Waals surface area contributed by atoms with Gasteiger partial charge in [0.15, 0.2) is 0 Å². The molecule has 0 aromatic carbocycles. The number of carboxylic acid groups (broad SMARTS) is 1. The average molecular weight is 211 g/mol. The van der Waals surface area contributed by atoms with Gasteiger partial charge in [0.2, 0.25) is 0 Å². The minimum Gasteiger partial charge on any atom is -0.480 e. The van der Waals surface area contributed by atoms with E-state index in [0.29, 0.717) is 0 Å². The summed E-state index contributed by atoms with van der Waals surface area (Å²) in [6.07, 6.45) is 1.79. The van der Waals surface area contributed by atoms with E-state index >= 15 is 0 Å². The third-order valence-electron chi connectivity index (χ3n) is 2.26. The van der Waals surface area contributed by atoms with Crippen molar-refractivity contribution in [1.29, 1.82) is 0 Å². The molecule has 1 aromatic rings. The molecule has 1 atom stereocenters. The zero-order chi connectivity index (χ0) is 11.6. The molecule has 5 nitrogen and oxygen atoms in total. The summed E-state index contributed by atoms with van der Waals surface area (Å²) < 4.78 is 1.66. The lowest BCUT2D eigenvalue weighted by Gasteiger charge is -2.18. The second kappa shape index (κ2) is 4.33. The Morgan fingerprint density at radius 3 is 2.53 bits per heavy atom. The van der Waals surface area contributed by atoms with E-state index in [0.717, 1.165) is 11.4 Å². The standard InChI is InChI=1S/C10H17N3O2/c1-6(2)9(10(14)15)11-8-5-13(4)12-7(8)3/h5-6,9,11H,1-4H3,(H,14,15). The maximum absolute atomic E-state index is 11.0. The van der Waals surface area contributed by atoms with E-state index in [-0.39, 0.29) is 5.92 Å². The van der Waals surface area contributed by atoms with Gasteiger partial charge in [-0.1, -0.05) is 13.8 Å². The van der Waals surface area contributed by atoms with Gasteiger partial charge in [0.25, 0.3) is 0 Å². The second-order valence-electron chi connectivity index (χ2n) is 4.01. The number of carbonyl (C=O) groups is 1. The molecular weight excluding hydrogens is 194 g/mol. The summed E-state index contributed by atoms with van der Waals surface area (Å²) in [6, 6.07) is -0.576. The molecule has 0 fully saturated rings. The minimum absolute atomic E-state index is 0.0297. The van der Waals surface area contributed by atoms with Gasteiger partial charge in [0.1, 0.15) is 6.04 Å². The van der Waals surface area contributed by atoms with Crippen molar-refractivity contribution in [1.82, 2.24) is 9.78 Å². The summed E-state index contributed by atoms with van der Waals surface area (Å²) in [5, 5.41) is 16.1. The Morgan fingerprint density at radius 1 is 1.60 bits per heavy atom. The van der Waals surface area contributed by atoms with Crippen molar-refractivity contribution in [3.63, 3.8) is 0 Å². The van der Waals surface area contributed by atoms with E-state index in [4.69, 9.17) is 5.11 Å². The largest absolute Gasteiger partial charge is 0.480 e. The van der Waals surface area contributed by atoms with Crippen LogP contribution >= 0.6 is 0 Å². The maximum atomic E-state index is 11.0. The number of aliphatic carboxylic acids is 1. The molecule has 15 heavy (non-hydrogen) atoms. The molecule has 1 aromatic heterocycles. The van der Waals surface area contributed by atoms with Crippen LogP contribution in [-0.4, -0.2) is 26.9 Å². The molecule has 0 saturated heterocycles. The predicted molar refractivity (Wildman–Crippen MR) is 57.8 cm³/mol. The number of nitrogens with one attached hydrogen (secondary N) is 1. The van der Waals surface area contributed by atoms with Gasteiger partial charge in [-0.25, -0.2) is 4.79 Å². The van der Waals surface area contributed by atoms with Crippen molar-refractivity contribution in [2.24, 2.45) is 13.0 Å². The summed E-state index contributed by atoms with van der Waals surface area (Å²) in [5.74, 6) is -0.810. The first kappa shape index (κ1) is 11.6. The summed E-state index contributed by atoms with van der Waals surface area (Å²) >= 11 is 0. The highest BCUT2D eigenvalue weighted by atomic mass is 16.4. The van der Waals surface area contributed by atoms with Crippen molar-refractivity contribution in [3.8, 4) is 0 Å². The number of aryl methyl sites for hydroxylation is 2. The van der Waals surface area contributed by atoms with Crippen LogP contribution in [0.25, 0.3) is 0 Å². The van der Waals surface area contributed by atoms with Gasteiger partial charge in [0.05, 0.1) is 11.4 Å². The van der Waals surface area contributed by atoms with Crippen LogP contribution in [0.2, 0.25) is 0 Å². The Hall–Kier alpha value is -1.52. The second-order valence-corrected chi connectivity index (χ2v) is 4.01. The molecule has 2 N–H and O–H groups in total. The number of hydrogen-bond donors (Lipinski definition) is 2. The number of anilines is 1. The lowest BCUT2D eigenvalue weighted by Crippen LogP contribution is -2.34. The van der Waals surface area contributed by atoms with Crippen LogP contribution < -0.4 is 5.32 Å². The molecule has 0 radical (unpaired) electrons. The van der Waals surface area contributed by atoms with Crippen molar-refractivity contribution in [2.45, 2.75) is 26.8 Å². The van der Waals surface area contributed by atoms with Gasteiger partial charge in [-0.3, -0.25) is 4.68 Å². The lowest BCUT2D eigenvalue weighted by molar-refractivity contribution is -0.138. The van der Waals surface area contributed by atoms with Crippen LogP contribution in [0.3, 0.4) is 0 Å². The number of carboxylic acids is 1. The van der Waals surface area contributed by atoms with Crippen LogP contribution in [0.4, 0.5) is 5.69 Å². The molecule has 1 unspecified atom stereocenters. The normalized spacial score (nSPS) is 12.9. The quantitative estimate of drug-likeness (QED) is 0.786. The van der Waals surface area contributed by atoms with Crippen molar-refractivity contribution in [2.75, 3.05) is 5.32 Å². The molecule has 0 spiro atoms. The van der Waals surface area contributed by atoms with Gasteiger partial charge in [-0.05, 0) is 12.8 Å².